The zero-order valence-electron chi connectivity index (χ0n) is 13.0. The summed E-state index contributed by atoms with van der Waals surface area (Å²) in [5.74, 6) is 0.265. The number of halogens is 4. The van der Waals surface area contributed by atoms with E-state index in [0.29, 0.717) is 42.6 Å². The van der Waals surface area contributed by atoms with Crippen LogP contribution in [0.3, 0.4) is 0 Å². The molecule has 0 radical (unpaired) electrons. The first kappa shape index (κ1) is 17.5. The summed E-state index contributed by atoms with van der Waals surface area (Å²) in [6, 6.07) is 8.85. The van der Waals surface area contributed by atoms with Crippen molar-refractivity contribution < 1.29 is 18.0 Å². The molecular formula is C16H14ClF3N4O. The fourth-order valence-electron chi connectivity index (χ4n) is 2.56. The Morgan fingerprint density at radius 1 is 0.960 bits per heavy atom. The van der Waals surface area contributed by atoms with E-state index in [9.17, 15) is 18.0 Å². The second kappa shape index (κ2) is 6.87. The van der Waals surface area contributed by atoms with E-state index in [4.69, 9.17) is 11.6 Å². The molecule has 1 fully saturated rings. The number of alkyl halides is 3. The number of carbonyl (C=O) groups excluding carboxylic acids is 1. The third kappa shape index (κ3) is 4.01. The van der Waals surface area contributed by atoms with Gasteiger partial charge in [-0.1, -0.05) is 11.6 Å². The topological polar surface area (TPSA) is 49.3 Å². The number of amides is 1. The van der Waals surface area contributed by atoms with Gasteiger partial charge in [0.25, 0.3) is 5.91 Å². The lowest BCUT2D eigenvalue weighted by atomic mass is 10.2. The quantitative estimate of drug-likeness (QED) is 0.815. The number of piperazine rings is 1. The number of rotatable bonds is 2. The summed E-state index contributed by atoms with van der Waals surface area (Å²) in [5, 5.41) is 7.43. The maximum atomic E-state index is 12.5. The molecule has 1 saturated heterocycles. The monoisotopic (exact) mass is 370 g/mol. The summed E-state index contributed by atoms with van der Waals surface area (Å²) >= 11 is 5.81. The van der Waals surface area contributed by atoms with Gasteiger partial charge < -0.3 is 9.80 Å². The Hall–Kier alpha value is -2.35. The molecule has 0 spiro atoms. The van der Waals surface area contributed by atoms with E-state index in [1.807, 2.05) is 0 Å². The van der Waals surface area contributed by atoms with E-state index in [2.05, 4.69) is 10.2 Å². The molecule has 25 heavy (non-hydrogen) atoms. The van der Waals surface area contributed by atoms with Gasteiger partial charge in [0.2, 0.25) is 0 Å². The molecule has 0 saturated carbocycles. The minimum absolute atomic E-state index is 0.102. The maximum Gasteiger partial charge on any atom is 0.435 e. The number of anilines is 1. The number of aromatic nitrogens is 2. The largest absolute Gasteiger partial charge is 0.435 e. The number of carbonyl (C=O) groups is 1. The van der Waals surface area contributed by atoms with E-state index in [-0.39, 0.29) is 5.91 Å². The summed E-state index contributed by atoms with van der Waals surface area (Å²) in [6.07, 6.45) is -4.50. The van der Waals surface area contributed by atoms with E-state index >= 15 is 0 Å². The van der Waals surface area contributed by atoms with Crippen molar-refractivity contribution in [1.29, 1.82) is 0 Å². The lowest BCUT2D eigenvalue weighted by Crippen LogP contribution is -2.49. The van der Waals surface area contributed by atoms with Crippen LogP contribution < -0.4 is 4.90 Å². The van der Waals surface area contributed by atoms with Crippen LogP contribution in [-0.2, 0) is 6.18 Å². The summed E-state index contributed by atoms with van der Waals surface area (Å²) in [7, 11) is 0. The molecule has 2 aromatic rings. The van der Waals surface area contributed by atoms with E-state index < -0.39 is 11.9 Å². The van der Waals surface area contributed by atoms with Crippen LogP contribution in [0.15, 0.2) is 36.4 Å². The van der Waals surface area contributed by atoms with Crippen molar-refractivity contribution in [3.8, 4) is 0 Å². The van der Waals surface area contributed by atoms with Crippen LogP contribution in [0.5, 0.6) is 0 Å². The van der Waals surface area contributed by atoms with Crippen molar-refractivity contribution in [1.82, 2.24) is 15.1 Å². The lowest BCUT2D eigenvalue weighted by Gasteiger charge is -2.35. The molecule has 2 heterocycles. The van der Waals surface area contributed by atoms with Crippen LogP contribution in [0.25, 0.3) is 0 Å². The molecular weight excluding hydrogens is 357 g/mol. The van der Waals surface area contributed by atoms with E-state index in [0.717, 1.165) is 6.07 Å². The molecule has 0 N–H and O–H groups in total. The van der Waals surface area contributed by atoms with Crippen molar-refractivity contribution in [3.63, 3.8) is 0 Å². The predicted molar refractivity (Wildman–Crippen MR) is 86.6 cm³/mol. The van der Waals surface area contributed by atoms with E-state index in [1.54, 1.807) is 34.1 Å². The highest BCUT2D eigenvalue weighted by Gasteiger charge is 2.33. The highest BCUT2D eigenvalue weighted by Crippen LogP contribution is 2.27. The van der Waals surface area contributed by atoms with Crippen molar-refractivity contribution in [2.24, 2.45) is 0 Å². The fourth-order valence-corrected chi connectivity index (χ4v) is 2.68. The van der Waals surface area contributed by atoms with Crippen LogP contribution in [0, 0.1) is 0 Å². The van der Waals surface area contributed by atoms with Crippen LogP contribution in [0.1, 0.15) is 16.1 Å². The van der Waals surface area contributed by atoms with E-state index in [1.165, 1.54) is 6.07 Å². The predicted octanol–water partition coefficient (Wildman–Crippen LogP) is 3.11. The Labute approximate surface area is 147 Å². The second-order valence-corrected chi connectivity index (χ2v) is 6.00. The lowest BCUT2D eigenvalue weighted by molar-refractivity contribution is -0.141. The minimum Gasteiger partial charge on any atom is -0.352 e. The van der Waals surface area contributed by atoms with Gasteiger partial charge in [-0.05, 0) is 36.4 Å². The van der Waals surface area contributed by atoms with Gasteiger partial charge in [0.15, 0.2) is 11.5 Å². The molecule has 0 unspecified atom stereocenters. The number of nitrogens with zero attached hydrogens (tertiary/aromatic N) is 4. The van der Waals surface area contributed by atoms with Gasteiger partial charge in [-0.2, -0.15) is 13.2 Å². The van der Waals surface area contributed by atoms with Gasteiger partial charge in [-0.15, -0.1) is 10.2 Å². The van der Waals surface area contributed by atoms with Gasteiger partial charge in [0, 0.05) is 36.8 Å². The molecule has 0 aliphatic carbocycles. The van der Waals surface area contributed by atoms with Gasteiger partial charge >= 0.3 is 6.18 Å². The average molecular weight is 371 g/mol. The zero-order chi connectivity index (χ0) is 18.0. The van der Waals surface area contributed by atoms with Gasteiger partial charge in [0.05, 0.1) is 0 Å². The molecule has 0 bridgehead atoms. The highest BCUT2D eigenvalue weighted by molar-refractivity contribution is 6.30. The molecule has 1 amide bonds. The minimum atomic E-state index is -4.50. The first-order chi connectivity index (χ1) is 11.8. The van der Waals surface area contributed by atoms with Gasteiger partial charge in [-0.3, -0.25) is 4.79 Å². The number of hydrogen-bond acceptors (Lipinski definition) is 4. The SMILES string of the molecule is O=C(c1ccc(Cl)cc1)N1CCN(c2ccc(C(F)(F)F)nn2)CC1. The molecule has 5 nitrogen and oxygen atoms in total. The molecule has 1 aliphatic heterocycles. The first-order valence-corrected chi connectivity index (χ1v) is 7.93. The highest BCUT2D eigenvalue weighted by atomic mass is 35.5. The summed E-state index contributed by atoms with van der Waals surface area (Å²) in [5.41, 5.74) is -0.472. The molecule has 9 heteroatoms. The van der Waals surface area contributed by atoms with Crippen molar-refractivity contribution in [2.45, 2.75) is 6.18 Å². The molecule has 1 aliphatic rings. The van der Waals surface area contributed by atoms with Gasteiger partial charge in [0.1, 0.15) is 0 Å². The Morgan fingerprint density at radius 3 is 2.12 bits per heavy atom. The average Bonchev–Trinajstić information content (AvgIpc) is 2.61. The smallest absolute Gasteiger partial charge is 0.352 e. The van der Waals surface area contributed by atoms with Crippen LogP contribution in [0.2, 0.25) is 5.02 Å². The Balaban J connectivity index is 1.61. The maximum absolute atomic E-state index is 12.5. The molecule has 1 aromatic carbocycles. The van der Waals surface area contributed by atoms with Crippen LogP contribution in [0.4, 0.5) is 19.0 Å². The zero-order valence-corrected chi connectivity index (χ0v) is 13.8. The Bertz CT molecular complexity index is 741. The Kier molecular flexibility index (Phi) is 4.80. The first-order valence-electron chi connectivity index (χ1n) is 7.55. The van der Waals surface area contributed by atoms with Crippen molar-refractivity contribution >= 4 is 23.3 Å². The normalized spacial score (nSPS) is 15.4. The van der Waals surface area contributed by atoms with Crippen molar-refractivity contribution in [3.05, 3.63) is 52.7 Å². The fraction of sp³-hybridized carbons (Fsp3) is 0.312. The molecule has 3 rings (SSSR count). The third-order valence-corrected chi connectivity index (χ3v) is 4.17. The standard InChI is InChI=1S/C16H14ClF3N4O/c17-12-3-1-11(2-4-12)15(25)24-9-7-23(8-10-24)14-6-5-13(21-22-14)16(18,19)20/h1-6H,7-10H2. The van der Waals surface area contributed by atoms with Crippen LogP contribution in [-0.4, -0.2) is 47.2 Å². The number of hydrogen-bond donors (Lipinski definition) is 0. The summed E-state index contributed by atoms with van der Waals surface area (Å²) in [6.45, 7) is 1.84. The molecule has 1 aromatic heterocycles. The summed E-state index contributed by atoms with van der Waals surface area (Å²) < 4.78 is 37.6. The third-order valence-electron chi connectivity index (χ3n) is 3.92. The van der Waals surface area contributed by atoms with Crippen LogP contribution >= 0.6 is 11.6 Å². The van der Waals surface area contributed by atoms with Crippen molar-refractivity contribution in [2.75, 3.05) is 31.1 Å². The van der Waals surface area contributed by atoms with Gasteiger partial charge in [-0.25, -0.2) is 0 Å². The summed E-state index contributed by atoms with van der Waals surface area (Å²) in [4.78, 5) is 15.9. The molecule has 132 valence electrons. The second-order valence-electron chi connectivity index (χ2n) is 5.56. The number of benzene rings is 1. The Morgan fingerprint density at radius 2 is 1.60 bits per heavy atom. The molecule has 0 atom stereocenters.